The average Bonchev–Trinajstić information content (AvgIpc) is 2.48. The molecule has 0 bridgehead atoms. The average molecular weight is 249 g/mol. The normalized spacial score (nSPS) is 11.2. The molecule has 19 heavy (non-hydrogen) atoms. The molecule has 0 amide bonds. The molecule has 0 fully saturated rings. The number of fused-ring (bicyclic) bond motifs is 1. The van der Waals surface area contributed by atoms with E-state index >= 15 is 0 Å². The molecular formula is C14H9N4O-. The molecule has 0 spiro atoms. The first kappa shape index (κ1) is 11.3. The number of hydrogen-bond donors (Lipinski definition) is 0. The molecule has 0 saturated carbocycles. The van der Waals surface area contributed by atoms with E-state index in [2.05, 4.69) is 20.2 Å². The Labute approximate surface area is 109 Å². The van der Waals surface area contributed by atoms with Gasteiger partial charge in [-0.2, -0.15) is 0 Å². The highest BCUT2D eigenvalue weighted by Gasteiger charge is 2.01. The summed E-state index contributed by atoms with van der Waals surface area (Å²) in [7, 11) is 0. The SMILES string of the molecule is [O-]c1ccc(N=Nc2ccccn2)c2ncccc12. The minimum Gasteiger partial charge on any atom is -0.872 e. The van der Waals surface area contributed by atoms with Gasteiger partial charge in [0.15, 0.2) is 5.82 Å². The lowest BCUT2D eigenvalue weighted by Gasteiger charge is -2.09. The summed E-state index contributed by atoms with van der Waals surface area (Å²) in [6.07, 6.45) is 3.27. The predicted molar refractivity (Wildman–Crippen MR) is 69.6 cm³/mol. The Kier molecular flexibility index (Phi) is 2.86. The minimum atomic E-state index is -0.0695. The number of nitrogens with zero attached hydrogens (tertiary/aromatic N) is 4. The van der Waals surface area contributed by atoms with E-state index in [-0.39, 0.29) is 5.75 Å². The van der Waals surface area contributed by atoms with Gasteiger partial charge in [0.25, 0.3) is 0 Å². The van der Waals surface area contributed by atoms with Crippen LogP contribution in [0.3, 0.4) is 0 Å². The molecule has 0 aliphatic rings. The molecule has 0 N–H and O–H groups in total. The molecule has 0 radical (unpaired) electrons. The molecule has 0 saturated heterocycles. The summed E-state index contributed by atoms with van der Waals surface area (Å²) in [6.45, 7) is 0. The molecule has 5 nitrogen and oxygen atoms in total. The summed E-state index contributed by atoms with van der Waals surface area (Å²) < 4.78 is 0. The zero-order valence-electron chi connectivity index (χ0n) is 9.89. The van der Waals surface area contributed by atoms with Crippen LogP contribution >= 0.6 is 0 Å². The topological polar surface area (TPSA) is 73.6 Å². The van der Waals surface area contributed by atoms with Crippen LogP contribution in [-0.2, 0) is 0 Å². The van der Waals surface area contributed by atoms with Gasteiger partial charge in [-0.15, -0.1) is 10.2 Å². The molecule has 0 unspecified atom stereocenters. The van der Waals surface area contributed by atoms with Gasteiger partial charge in [0, 0.05) is 12.4 Å². The summed E-state index contributed by atoms with van der Waals surface area (Å²) in [5.74, 6) is 0.442. The van der Waals surface area contributed by atoms with Gasteiger partial charge in [-0.1, -0.05) is 23.9 Å². The number of pyridine rings is 2. The fraction of sp³-hybridized carbons (Fsp3) is 0. The van der Waals surface area contributed by atoms with Crippen LogP contribution in [0, 0.1) is 0 Å². The number of benzene rings is 1. The Bertz CT molecular complexity index is 741. The molecule has 2 aromatic heterocycles. The fourth-order valence-corrected chi connectivity index (χ4v) is 1.73. The third-order valence-corrected chi connectivity index (χ3v) is 2.62. The van der Waals surface area contributed by atoms with Crippen LogP contribution in [0.2, 0.25) is 0 Å². The Morgan fingerprint density at radius 2 is 1.74 bits per heavy atom. The first-order chi connectivity index (χ1) is 9.34. The largest absolute Gasteiger partial charge is 0.872 e. The third-order valence-electron chi connectivity index (χ3n) is 2.62. The van der Waals surface area contributed by atoms with Crippen LogP contribution in [0.25, 0.3) is 10.9 Å². The second-order valence-corrected chi connectivity index (χ2v) is 3.87. The Morgan fingerprint density at radius 1 is 0.842 bits per heavy atom. The molecule has 0 aliphatic carbocycles. The summed E-state index contributed by atoms with van der Waals surface area (Å²) in [5.41, 5.74) is 1.11. The Morgan fingerprint density at radius 3 is 2.58 bits per heavy atom. The Hall–Kier alpha value is -2.82. The first-order valence-electron chi connectivity index (χ1n) is 5.72. The van der Waals surface area contributed by atoms with Gasteiger partial charge in [-0.3, -0.25) is 4.98 Å². The maximum atomic E-state index is 11.7. The monoisotopic (exact) mass is 249 g/mol. The van der Waals surface area contributed by atoms with Gasteiger partial charge in [0.2, 0.25) is 0 Å². The maximum absolute atomic E-state index is 11.7. The third kappa shape index (κ3) is 2.26. The zero-order valence-corrected chi connectivity index (χ0v) is 9.89. The van der Waals surface area contributed by atoms with Crippen molar-refractivity contribution in [2.45, 2.75) is 0 Å². The lowest BCUT2D eigenvalue weighted by molar-refractivity contribution is -0.265. The molecule has 2 heterocycles. The van der Waals surface area contributed by atoms with Crippen LogP contribution in [-0.4, -0.2) is 9.97 Å². The molecular weight excluding hydrogens is 240 g/mol. The quantitative estimate of drug-likeness (QED) is 0.655. The number of azo groups is 1. The summed E-state index contributed by atoms with van der Waals surface area (Å²) >= 11 is 0. The van der Waals surface area contributed by atoms with Gasteiger partial charge in [-0.25, -0.2) is 4.98 Å². The van der Waals surface area contributed by atoms with E-state index in [0.29, 0.717) is 22.4 Å². The summed E-state index contributed by atoms with van der Waals surface area (Å²) in [6, 6.07) is 11.9. The molecule has 1 aromatic carbocycles. The lowest BCUT2D eigenvalue weighted by atomic mass is 10.2. The molecule has 0 aliphatic heterocycles. The minimum absolute atomic E-state index is 0.0695. The summed E-state index contributed by atoms with van der Waals surface area (Å²) in [5, 5.41) is 20.4. The van der Waals surface area contributed by atoms with Crippen molar-refractivity contribution < 1.29 is 5.11 Å². The van der Waals surface area contributed by atoms with Crippen molar-refractivity contribution in [2.75, 3.05) is 0 Å². The standard InChI is InChI=1S/C14H10N4O/c19-12-7-6-11(14-10(12)4-3-9-16-14)17-18-13-5-1-2-8-15-13/h1-9,19H/p-1. The highest BCUT2D eigenvalue weighted by Crippen LogP contribution is 2.30. The van der Waals surface area contributed by atoms with Crippen LogP contribution in [0.5, 0.6) is 5.75 Å². The van der Waals surface area contributed by atoms with Crippen molar-refractivity contribution in [3.05, 3.63) is 54.9 Å². The van der Waals surface area contributed by atoms with E-state index in [1.165, 1.54) is 6.07 Å². The molecule has 3 aromatic rings. The highest BCUT2D eigenvalue weighted by molar-refractivity contribution is 5.92. The van der Waals surface area contributed by atoms with Gasteiger partial charge < -0.3 is 5.11 Å². The van der Waals surface area contributed by atoms with E-state index in [1.807, 2.05) is 12.1 Å². The summed E-state index contributed by atoms with van der Waals surface area (Å²) in [4.78, 5) is 8.23. The first-order valence-corrected chi connectivity index (χ1v) is 5.72. The molecule has 5 heteroatoms. The van der Waals surface area contributed by atoms with Crippen LogP contribution in [0.15, 0.2) is 65.1 Å². The van der Waals surface area contributed by atoms with Crippen molar-refractivity contribution >= 4 is 22.4 Å². The van der Waals surface area contributed by atoms with Gasteiger partial charge >= 0.3 is 0 Å². The lowest BCUT2D eigenvalue weighted by Crippen LogP contribution is -1.91. The van der Waals surface area contributed by atoms with E-state index in [9.17, 15) is 5.11 Å². The van der Waals surface area contributed by atoms with Crippen molar-refractivity contribution in [3.63, 3.8) is 0 Å². The molecule has 3 rings (SSSR count). The van der Waals surface area contributed by atoms with E-state index in [1.54, 1.807) is 36.7 Å². The smallest absolute Gasteiger partial charge is 0.174 e. The van der Waals surface area contributed by atoms with E-state index in [4.69, 9.17) is 0 Å². The van der Waals surface area contributed by atoms with Crippen molar-refractivity contribution in [3.8, 4) is 5.75 Å². The predicted octanol–water partition coefficient (Wildman–Crippen LogP) is 3.12. The second kappa shape index (κ2) is 4.81. The fourth-order valence-electron chi connectivity index (χ4n) is 1.73. The highest BCUT2D eigenvalue weighted by atomic mass is 16.3. The second-order valence-electron chi connectivity index (χ2n) is 3.87. The van der Waals surface area contributed by atoms with Gasteiger partial charge in [-0.05, 0) is 29.7 Å². The van der Waals surface area contributed by atoms with E-state index < -0.39 is 0 Å². The van der Waals surface area contributed by atoms with Crippen molar-refractivity contribution in [1.29, 1.82) is 0 Å². The van der Waals surface area contributed by atoms with Crippen molar-refractivity contribution in [2.24, 2.45) is 10.2 Å². The van der Waals surface area contributed by atoms with Crippen molar-refractivity contribution in [1.82, 2.24) is 9.97 Å². The molecule has 92 valence electrons. The number of aromatic nitrogens is 2. The van der Waals surface area contributed by atoms with Gasteiger partial charge in [0.1, 0.15) is 5.69 Å². The molecule has 0 atom stereocenters. The number of rotatable bonds is 2. The van der Waals surface area contributed by atoms with Crippen LogP contribution < -0.4 is 5.11 Å². The maximum Gasteiger partial charge on any atom is 0.174 e. The van der Waals surface area contributed by atoms with Gasteiger partial charge in [0.05, 0.1) is 5.52 Å². The zero-order chi connectivity index (χ0) is 13.1. The number of hydrogen-bond acceptors (Lipinski definition) is 5. The van der Waals surface area contributed by atoms with Crippen LogP contribution in [0.4, 0.5) is 11.5 Å². The van der Waals surface area contributed by atoms with Crippen LogP contribution in [0.1, 0.15) is 0 Å². The Balaban J connectivity index is 2.07. The van der Waals surface area contributed by atoms with E-state index in [0.717, 1.165) is 0 Å².